The van der Waals surface area contributed by atoms with Crippen molar-refractivity contribution in [1.29, 1.82) is 0 Å². The van der Waals surface area contributed by atoms with Gasteiger partial charge in [-0.15, -0.1) is 22.7 Å². The number of aromatic nitrogens is 2. The highest BCUT2D eigenvalue weighted by Gasteiger charge is 2.30. The Morgan fingerprint density at radius 2 is 1.83 bits per heavy atom. The number of thiazole rings is 1. The zero-order chi connectivity index (χ0) is 25.7. The minimum atomic E-state index is -3.69. The van der Waals surface area contributed by atoms with E-state index in [2.05, 4.69) is 14.9 Å². The van der Waals surface area contributed by atoms with E-state index >= 15 is 0 Å². The van der Waals surface area contributed by atoms with Crippen molar-refractivity contribution in [3.8, 4) is 10.7 Å². The van der Waals surface area contributed by atoms with E-state index in [1.54, 1.807) is 43.1 Å². The molecule has 4 aromatic rings. The van der Waals surface area contributed by atoms with Gasteiger partial charge in [0.2, 0.25) is 0 Å². The van der Waals surface area contributed by atoms with Gasteiger partial charge in [0.25, 0.3) is 10.0 Å². The fourth-order valence-electron chi connectivity index (χ4n) is 4.07. The first-order chi connectivity index (χ1) is 17.3. The van der Waals surface area contributed by atoms with Crippen molar-refractivity contribution in [2.24, 2.45) is 0 Å². The minimum absolute atomic E-state index is 0.258. The third-order valence-electron chi connectivity index (χ3n) is 5.74. The van der Waals surface area contributed by atoms with Gasteiger partial charge in [-0.2, -0.15) is 0 Å². The number of benzene rings is 1. The molecule has 0 unspecified atom stereocenters. The lowest BCUT2D eigenvalue weighted by atomic mass is 10.2. The molecule has 3 heterocycles. The maximum atomic E-state index is 13.5. The monoisotopic (exact) mass is 548 g/mol. The van der Waals surface area contributed by atoms with Gasteiger partial charge in [0.15, 0.2) is 0 Å². The number of H-pyrrole nitrogens is 1. The fourth-order valence-corrected chi connectivity index (χ4v) is 7.75. The van der Waals surface area contributed by atoms with Gasteiger partial charge in [-0.25, -0.2) is 13.4 Å². The summed E-state index contributed by atoms with van der Waals surface area (Å²) in [6, 6.07) is 10.9. The van der Waals surface area contributed by atoms with Crippen molar-refractivity contribution < 1.29 is 17.9 Å². The van der Waals surface area contributed by atoms with E-state index in [0.717, 1.165) is 46.1 Å². The summed E-state index contributed by atoms with van der Waals surface area (Å²) in [6.07, 6.45) is 1.90. The van der Waals surface area contributed by atoms with Gasteiger partial charge in [-0.1, -0.05) is 18.2 Å². The van der Waals surface area contributed by atoms with Crippen molar-refractivity contribution in [3.05, 3.63) is 52.9 Å². The first-order valence-corrected chi connectivity index (χ1v) is 14.8. The number of nitrogens with zero attached hydrogens (tertiary/aromatic N) is 3. The topological polar surface area (TPSA) is 87.8 Å². The van der Waals surface area contributed by atoms with Crippen LogP contribution in [0.3, 0.4) is 0 Å². The smallest absolute Gasteiger partial charge is 0.274 e. The number of anilines is 1. The van der Waals surface area contributed by atoms with Crippen molar-refractivity contribution >= 4 is 49.3 Å². The highest BCUT2D eigenvalue weighted by molar-refractivity contribution is 7.94. The van der Waals surface area contributed by atoms with E-state index in [1.165, 1.54) is 15.6 Å². The van der Waals surface area contributed by atoms with E-state index in [0.29, 0.717) is 23.1 Å². The summed E-state index contributed by atoms with van der Waals surface area (Å²) in [4.78, 5) is 11.5. The molecule has 0 bridgehead atoms. The largest absolute Gasteiger partial charge is 0.383 e. The molecule has 0 saturated heterocycles. The minimum Gasteiger partial charge on any atom is -0.383 e. The fraction of sp³-hybridized carbons (Fsp3) is 0.400. The summed E-state index contributed by atoms with van der Waals surface area (Å²) < 4.78 is 39.3. The Balaban J connectivity index is 1.65. The molecule has 0 aliphatic rings. The van der Waals surface area contributed by atoms with Crippen LogP contribution < -0.4 is 4.31 Å². The highest BCUT2D eigenvalue weighted by atomic mass is 32.2. The molecule has 1 N–H and O–H groups in total. The molecule has 0 atom stereocenters. The van der Waals surface area contributed by atoms with Crippen molar-refractivity contribution in [1.82, 2.24) is 14.9 Å². The molecule has 36 heavy (non-hydrogen) atoms. The third-order valence-corrected chi connectivity index (χ3v) is 10.1. The summed E-state index contributed by atoms with van der Waals surface area (Å²) in [5.41, 5.74) is 2.27. The lowest BCUT2D eigenvalue weighted by Gasteiger charge is -2.28. The maximum absolute atomic E-state index is 13.5. The van der Waals surface area contributed by atoms with Crippen molar-refractivity contribution in [3.63, 3.8) is 0 Å². The number of fused-ring (bicyclic) bond motifs is 1. The van der Waals surface area contributed by atoms with Crippen LogP contribution in [0.15, 0.2) is 52.2 Å². The Morgan fingerprint density at radius 1 is 1.08 bits per heavy atom. The molecule has 0 radical (unpaired) electrons. The van der Waals surface area contributed by atoms with Crippen LogP contribution in [0.1, 0.15) is 18.7 Å². The lowest BCUT2D eigenvalue weighted by molar-refractivity contribution is 0.111. The Labute approximate surface area is 220 Å². The predicted molar refractivity (Wildman–Crippen MR) is 148 cm³/mol. The quantitative estimate of drug-likeness (QED) is 0.252. The number of ether oxygens (including phenoxy) is 2. The Hall–Kier alpha value is -2.28. The van der Waals surface area contributed by atoms with Crippen LogP contribution in [0, 0.1) is 0 Å². The van der Waals surface area contributed by atoms with Crippen LogP contribution in [0.2, 0.25) is 0 Å². The van der Waals surface area contributed by atoms with E-state index in [1.807, 2.05) is 44.3 Å². The van der Waals surface area contributed by atoms with Crippen LogP contribution in [0.25, 0.3) is 21.6 Å². The lowest BCUT2D eigenvalue weighted by Crippen LogP contribution is -2.36. The number of aromatic amines is 1. The second-order valence-corrected chi connectivity index (χ2v) is 12.7. The number of para-hydroxylation sites is 1. The number of methoxy groups -OCH3 is 2. The zero-order valence-corrected chi connectivity index (χ0v) is 23.4. The summed E-state index contributed by atoms with van der Waals surface area (Å²) >= 11 is 2.85. The van der Waals surface area contributed by atoms with Gasteiger partial charge in [-0.05, 0) is 37.4 Å². The molecule has 1 aromatic carbocycles. The van der Waals surface area contributed by atoms with Crippen LogP contribution in [-0.2, 0) is 26.0 Å². The molecule has 0 aliphatic heterocycles. The van der Waals surface area contributed by atoms with Crippen LogP contribution in [0.5, 0.6) is 0 Å². The number of hydrogen-bond donors (Lipinski definition) is 1. The number of sulfonamides is 1. The third kappa shape index (κ3) is 5.82. The molecule has 0 amide bonds. The molecular weight excluding hydrogens is 517 g/mol. The van der Waals surface area contributed by atoms with Gasteiger partial charge in [0.1, 0.15) is 9.22 Å². The number of nitrogens with one attached hydrogen (secondary N) is 1. The van der Waals surface area contributed by atoms with Gasteiger partial charge in [-0.3, -0.25) is 9.21 Å². The molecule has 0 aliphatic carbocycles. The van der Waals surface area contributed by atoms with Crippen molar-refractivity contribution in [2.75, 3.05) is 44.8 Å². The van der Waals surface area contributed by atoms with Gasteiger partial charge in [0.05, 0.1) is 30.1 Å². The molecule has 0 spiro atoms. The second-order valence-electron chi connectivity index (χ2n) is 8.64. The van der Waals surface area contributed by atoms with E-state index < -0.39 is 10.0 Å². The Kier molecular flexibility index (Phi) is 8.81. The molecule has 3 aromatic heterocycles. The highest BCUT2D eigenvalue weighted by Crippen LogP contribution is 2.36. The van der Waals surface area contributed by atoms with E-state index in [9.17, 15) is 8.42 Å². The Morgan fingerprint density at radius 3 is 2.47 bits per heavy atom. The first-order valence-electron chi connectivity index (χ1n) is 11.7. The van der Waals surface area contributed by atoms with Gasteiger partial charge >= 0.3 is 0 Å². The van der Waals surface area contributed by atoms with Crippen LogP contribution in [-0.4, -0.2) is 69.9 Å². The zero-order valence-electron chi connectivity index (χ0n) is 20.9. The Bertz CT molecular complexity index is 1360. The van der Waals surface area contributed by atoms with Crippen LogP contribution >= 0.6 is 22.7 Å². The summed E-state index contributed by atoms with van der Waals surface area (Å²) in [6.45, 7) is 7.47. The molecule has 8 nitrogen and oxygen atoms in total. The van der Waals surface area contributed by atoms with Gasteiger partial charge < -0.3 is 14.5 Å². The normalized spacial score (nSPS) is 12.3. The first kappa shape index (κ1) is 26.8. The van der Waals surface area contributed by atoms with E-state index in [-0.39, 0.29) is 6.04 Å². The predicted octanol–water partition coefficient (Wildman–Crippen LogP) is 5.05. The standard InChI is InChI=1S/C25H32N4O4S3/c1-18(2)29(36(30,31)23-9-6-14-34-23)22-8-5-7-19-15-21(27-24(19)22)25-26-16-20(35-25)17-28(10-12-32-3)11-13-33-4/h5-9,14-16,18,27H,10-13,17H2,1-4H3. The molecule has 4 rings (SSSR count). The number of rotatable bonds is 13. The molecule has 11 heteroatoms. The SMILES string of the molecule is COCCN(CCOC)Cc1cnc(-c2cc3cccc(N(C(C)C)S(=O)(=O)c4cccs4)c3[nH]2)s1. The molecular formula is C25H32N4O4S3. The summed E-state index contributed by atoms with van der Waals surface area (Å²) in [5, 5.41) is 3.58. The summed E-state index contributed by atoms with van der Waals surface area (Å²) in [7, 11) is -0.281. The molecule has 0 fully saturated rings. The van der Waals surface area contributed by atoms with E-state index in [4.69, 9.17) is 9.47 Å². The maximum Gasteiger partial charge on any atom is 0.274 e. The molecule has 194 valence electrons. The second kappa shape index (κ2) is 11.8. The van der Waals surface area contributed by atoms with Gasteiger partial charge in [0, 0.05) is 56.4 Å². The van der Waals surface area contributed by atoms with Crippen LogP contribution in [0.4, 0.5) is 5.69 Å². The number of hydrogen-bond acceptors (Lipinski definition) is 8. The summed E-state index contributed by atoms with van der Waals surface area (Å²) in [5.74, 6) is 0. The molecule has 0 saturated carbocycles. The number of thiophene rings is 1. The average Bonchev–Trinajstić information content (AvgIpc) is 3.61. The van der Waals surface area contributed by atoms with Crippen molar-refractivity contribution in [2.45, 2.75) is 30.6 Å². The average molecular weight is 549 g/mol.